The van der Waals surface area contributed by atoms with Crippen LogP contribution in [0.15, 0.2) is 23.4 Å². The number of anilines is 1. The molecule has 2 heterocycles. The van der Waals surface area contributed by atoms with Crippen LogP contribution >= 0.6 is 11.6 Å². The van der Waals surface area contributed by atoms with Crippen LogP contribution in [0.5, 0.6) is 0 Å². The molecule has 1 N–H and O–H groups in total. The van der Waals surface area contributed by atoms with Crippen LogP contribution in [0.4, 0.5) is 5.69 Å². The summed E-state index contributed by atoms with van der Waals surface area (Å²) in [5.41, 5.74) is 0.293. The maximum absolute atomic E-state index is 12.3. The Morgan fingerprint density at radius 3 is 3.00 bits per heavy atom. The summed E-state index contributed by atoms with van der Waals surface area (Å²) in [6, 6.07) is 0. The fourth-order valence-corrected chi connectivity index (χ4v) is 2.30. The Balaban J connectivity index is 1.59. The van der Waals surface area contributed by atoms with E-state index in [9.17, 15) is 4.79 Å². The van der Waals surface area contributed by atoms with Crippen molar-refractivity contribution in [3.05, 3.63) is 34.0 Å². The number of nitrogens with one attached hydrogen (secondary N) is 1. The van der Waals surface area contributed by atoms with E-state index in [0.29, 0.717) is 29.7 Å². The molecule has 0 saturated heterocycles. The number of halogens is 1. The highest BCUT2D eigenvalue weighted by molar-refractivity contribution is 6.32. The van der Waals surface area contributed by atoms with Gasteiger partial charge in [-0.3, -0.25) is 9.48 Å². The summed E-state index contributed by atoms with van der Waals surface area (Å²) < 4.78 is 3.25. The quantitative estimate of drug-likeness (QED) is 0.782. The Hall–Kier alpha value is -1.89. The molecule has 0 aromatic carbocycles. The molecule has 0 spiro atoms. The molecule has 1 aliphatic rings. The number of hydrogen-bond acceptors (Lipinski definition) is 5. The first-order valence-electron chi connectivity index (χ1n) is 7.07. The molecule has 1 fully saturated rings. The van der Waals surface area contributed by atoms with E-state index in [4.69, 9.17) is 11.6 Å². The van der Waals surface area contributed by atoms with Crippen molar-refractivity contribution in [2.45, 2.75) is 32.4 Å². The minimum Gasteiger partial charge on any atom is -0.379 e. The van der Waals surface area contributed by atoms with E-state index in [2.05, 4.69) is 20.7 Å². The molecular weight excluding hydrogens is 292 g/mol. The molecule has 8 heteroatoms. The number of rotatable bonds is 7. The fourth-order valence-electron chi connectivity index (χ4n) is 2.11. The Morgan fingerprint density at radius 1 is 1.43 bits per heavy atom. The fraction of sp³-hybridized carbons (Fsp3) is 0.538. The predicted octanol–water partition coefficient (Wildman–Crippen LogP) is 1.40. The highest BCUT2D eigenvalue weighted by Gasteiger charge is 2.23. The lowest BCUT2D eigenvalue weighted by molar-refractivity contribution is 0.533. The Morgan fingerprint density at radius 2 is 2.29 bits per heavy atom. The summed E-state index contributed by atoms with van der Waals surface area (Å²) >= 11 is 6.07. The van der Waals surface area contributed by atoms with Crippen molar-refractivity contribution in [1.82, 2.24) is 24.8 Å². The highest BCUT2D eigenvalue weighted by atomic mass is 35.5. The number of aromatic nitrogens is 5. The molecule has 21 heavy (non-hydrogen) atoms. The summed E-state index contributed by atoms with van der Waals surface area (Å²) in [6.07, 6.45) is 8.16. The second-order valence-corrected chi connectivity index (χ2v) is 5.65. The molecule has 2 aromatic rings. The van der Waals surface area contributed by atoms with Crippen molar-refractivity contribution in [2.75, 3.05) is 11.9 Å². The predicted molar refractivity (Wildman–Crippen MR) is 79.4 cm³/mol. The van der Waals surface area contributed by atoms with E-state index in [1.165, 1.54) is 23.7 Å². The summed E-state index contributed by atoms with van der Waals surface area (Å²) in [5, 5.41) is 15.2. The van der Waals surface area contributed by atoms with E-state index in [1.54, 1.807) is 10.9 Å². The van der Waals surface area contributed by atoms with E-state index < -0.39 is 0 Å². The number of aryl methyl sites for hydroxylation is 1. The van der Waals surface area contributed by atoms with Gasteiger partial charge in [-0.05, 0) is 25.2 Å². The van der Waals surface area contributed by atoms with Gasteiger partial charge in [0.2, 0.25) is 0 Å². The topological polar surface area (TPSA) is 77.6 Å². The Labute approximate surface area is 126 Å². The highest BCUT2D eigenvalue weighted by Crippen LogP contribution is 2.30. The summed E-state index contributed by atoms with van der Waals surface area (Å²) in [5.74, 6) is 0.594. The zero-order valence-corrected chi connectivity index (χ0v) is 12.3. The zero-order chi connectivity index (χ0) is 14.7. The molecule has 0 unspecified atom stereocenters. The van der Waals surface area contributed by atoms with Crippen LogP contribution in [0.25, 0.3) is 0 Å². The van der Waals surface area contributed by atoms with E-state index in [-0.39, 0.29) is 5.56 Å². The lowest BCUT2D eigenvalue weighted by Crippen LogP contribution is -2.27. The average molecular weight is 309 g/mol. The first-order valence-corrected chi connectivity index (χ1v) is 7.45. The van der Waals surface area contributed by atoms with Crippen LogP contribution in [-0.4, -0.2) is 31.3 Å². The van der Waals surface area contributed by atoms with Crippen LogP contribution in [0, 0.1) is 5.92 Å². The minimum absolute atomic E-state index is 0.143. The van der Waals surface area contributed by atoms with E-state index in [0.717, 1.165) is 13.0 Å². The molecule has 0 radical (unpaired) electrons. The van der Waals surface area contributed by atoms with Gasteiger partial charge in [-0.15, -0.1) is 5.10 Å². The standard InChI is InChI=1S/C13H17ClN6O/c14-11-8-17-20(9-10-2-3-10)13(21)12(11)15-4-1-6-19-7-5-16-18-19/h5,7-8,10,15H,1-4,6,9H2. The maximum atomic E-state index is 12.3. The first kappa shape index (κ1) is 14.1. The smallest absolute Gasteiger partial charge is 0.291 e. The molecule has 3 rings (SSSR count). The van der Waals surface area contributed by atoms with Gasteiger partial charge >= 0.3 is 0 Å². The molecule has 0 amide bonds. The second-order valence-electron chi connectivity index (χ2n) is 5.24. The molecule has 0 atom stereocenters. The number of nitrogens with zero attached hydrogens (tertiary/aromatic N) is 5. The lowest BCUT2D eigenvalue weighted by atomic mass is 10.3. The van der Waals surface area contributed by atoms with Gasteiger partial charge in [-0.2, -0.15) is 5.10 Å². The first-order chi connectivity index (χ1) is 10.2. The van der Waals surface area contributed by atoms with Crippen molar-refractivity contribution in [3.8, 4) is 0 Å². The van der Waals surface area contributed by atoms with Gasteiger partial charge in [-0.25, -0.2) is 4.68 Å². The van der Waals surface area contributed by atoms with Crippen molar-refractivity contribution in [2.24, 2.45) is 5.92 Å². The third kappa shape index (κ3) is 3.60. The molecular formula is C13H17ClN6O. The second kappa shape index (κ2) is 6.26. The van der Waals surface area contributed by atoms with Crippen LogP contribution in [0.3, 0.4) is 0 Å². The van der Waals surface area contributed by atoms with E-state index in [1.807, 2.05) is 6.20 Å². The van der Waals surface area contributed by atoms with Crippen molar-refractivity contribution in [3.63, 3.8) is 0 Å². The van der Waals surface area contributed by atoms with Crippen LogP contribution in [0.2, 0.25) is 5.02 Å². The molecule has 0 aliphatic heterocycles. The van der Waals surface area contributed by atoms with E-state index >= 15 is 0 Å². The minimum atomic E-state index is -0.143. The van der Waals surface area contributed by atoms with Crippen molar-refractivity contribution in [1.29, 1.82) is 0 Å². The van der Waals surface area contributed by atoms with Gasteiger partial charge in [0.15, 0.2) is 0 Å². The maximum Gasteiger partial charge on any atom is 0.291 e. The van der Waals surface area contributed by atoms with Crippen molar-refractivity contribution < 1.29 is 0 Å². The zero-order valence-electron chi connectivity index (χ0n) is 11.6. The van der Waals surface area contributed by atoms with Gasteiger partial charge < -0.3 is 5.32 Å². The summed E-state index contributed by atoms with van der Waals surface area (Å²) in [4.78, 5) is 12.3. The molecule has 7 nitrogen and oxygen atoms in total. The molecule has 0 bridgehead atoms. The monoisotopic (exact) mass is 308 g/mol. The largest absolute Gasteiger partial charge is 0.379 e. The summed E-state index contributed by atoms with van der Waals surface area (Å²) in [7, 11) is 0. The van der Waals surface area contributed by atoms with Gasteiger partial charge in [0.25, 0.3) is 5.56 Å². The van der Waals surface area contributed by atoms with Crippen LogP contribution < -0.4 is 10.9 Å². The molecule has 112 valence electrons. The Kier molecular flexibility index (Phi) is 4.19. The van der Waals surface area contributed by atoms with Gasteiger partial charge in [0.1, 0.15) is 5.69 Å². The SMILES string of the molecule is O=c1c(NCCCn2ccnn2)c(Cl)cnn1CC1CC1. The average Bonchev–Trinajstić information content (AvgIpc) is 3.14. The van der Waals surface area contributed by atoms with Crippen LogP contribution in [-0.2, 0) is 13.1 Å². The molecule has 1 saturated carbocycles. The van der Waals surface area contributed by atoms with Gasteiger partial charge in [-0.1, -0.05) is 16.8 Å². The lowest BCUT2D eigenvalue weighted by Gasteiger charge is -2.10. The molecule has 2 aromatic heterocycles. The summed E-state index contributed by atoms with van der Waals surface area (Å²) in [6.45, 7) is 2.07. The van der Waals surface area contributed by atoms with Crippen molar-refractivity contribution >= 4 is 17.3 Å². The van der Waals surface area contributed by atoms with Gasteiger partial charge in [0, 0.05) is 25.8 Å². The van der Waals surface area contributed by atoms with Crippen LogP contribution in [0.1, 0.15) is 19.3 Å². The third-order valence-corrected chi connectivity index (χ3v) is 3.75. The normalized spacial score (nSPS) is 14.3. The Bertz CT molecular complexity index is 649. The molecule has 1 aliphatic carbocycles. The number of hydrogen-bond donors (Lipinski definition) is 1. The van der Waals surface area contributed by atoms with Gasteiger partial charge in [0.05, 0.1) is 17.4 Å². The third-order valence-electron chi connectivity index (χ3n) is 3.46.